The lowest BCUT2D eigenvalue weighted by Gasteiger charge is -2.11. The maximum atomic E-state index is 12.7. The molecule has 0 unspecified atom stereocenters. The molecule has 0 fully saturated rings. The molecule has 0 aliphatic heterocycles. The zero-order valence-electron chi connectivity index (χ0n) is 13.2. The van der Waals surface area contributed by atoms with Crippen molar-refractivity contribution < 1.29 is 27.5 Å². The first kappa shape index (κ1) is 18.3. The van der Waals surface area contributed by atoms with Crippen LogP contribution in [0.25, 0.3) is 0 Å². The second kappa shape index (κ2) is 7.69. The van der Waals surface area contributed by atoms with Crippen molar-refractivity contribution in [3.05, 3.63) is 59.7 Å². The number of ether oxygens (including phenoxy) is 1. The summed E-state index contributed by atoms with van der Waals surface area (Å²) in [6, 6.07) is 9.54. The Bertz CT molecular complexity index is 776. The number of urea groups is 1. The van der Waals surface area contributed by atoms with Gasteiger partial charge in [-0.2, -0.15) is 13.2 Å². The van der Waals surface area contributed by atoms with Crippen molar-refractivity contribution in [2.75, 3.05) is 17.2 Å². The molecule has 132 valence electrons. The maximum Gasteiger partial charge on any atom is 0.416 e. The maximum absolute atomic E-state index is 12.7. The molecule has 2 N–H and O–H groups in total. The Balaban J connectivity index is 2.06. The van der Waals surface area contributed by atoms with Crippen LogP contribution in [0.4, 0.5) is 29.3 Å². The van der Waals surface area contributed by atoms with Gasteiger partial charge in [0, 0.05) is 11.4 Å². The number of amides is 2. The van der Waals surface area contributed by atoms with Crippen LogP contribution in [0.2, 0.25) is 0 Å². The van der Waals surface area contributed by atoms with Crippen LogP contribution in [0, 0.1) is 0 Å². The third-order valence-electron chi connectivity index (χ3n) is 3.08. The normalized spacial score (nSPS) is 10.9. The SMILES string of the molecule is CCOC(=O)c1cccc(NC(=O)Nc2cccc(C(F)(F)F)c2)c1. The lowest BCUT2D eigenvalue weighted by molar-refractivity contribution is -0.137. The number of carbonyl (C=O) groups is 2. The van der Waals surface area contributed by atoms with Crippen LogP contribution in [0.15, 0.2) is 48.5 Å². The topological polar surface area (TPSA) is 67.4 Å². The number of rotatable bonds is 4. The summed E-state index contributed by atoms with van der Waals surface area (Å²) in [6.45, 7) is 1.88. The lowest BCUT2D eigenvalue weighted by atomic mass is 10.2. The van der Waals surface area contributed by atoms with Crippen LogP contribution in [0.1, 0.15) is 22.8 Å². The van der Waals surface area contributed by atoms with Gasteiger partial charge in [-0.25, -0.2) is 9.59 Å². The van der Waals surface area contributed by atoms with Crippen LogP contribution in [-0.4, -0.2) is 18.6 Å². The Morgan fingerprint density at radius 1 is 1.00 bits per heavy atom. The fourth-order valence-electron chi connectivity index (χ4n) is 2.01. The highest BCUT2D eigenvalue weighted by atomic mass is 19.4. The first-order valence-electron chi connectivity index (χ1n) is 7.32. The van der Waals surface area contributed by atoms with E-state index in [0.29, 0.717) is 5.69 Å². The monoisotopic (exact) mass is 352 g/mol. The molecule has 0 saturated heterocycles. The molecule has 0 aromatic heterocycles. The van der Waals surface area contributed by atoms with Crippen molar-refractivity contribution in [3.8, 4) is 0 Å². The Morgan fingerprint density at radius 2 is 1.60 bits per heavy atom. The molecule has 0 saturated carbocycles. The summed E-state index contributed by atoms with van der Waals surface area (Å²) in [5, 5.41) is 4.76. The Labute approximate surface area is 141 Å². The predicted octanol–water partition coefficient (Wildman–Crippen LogP) is 4.53. The minimum atomic E-state index is -4.50. The fourth-order valence-corrected chi connectivity index (χ4v) is 2.01. The number of benzene rings is 2. The van der Waals surface area contributed by atoms with Gasteiger partial charge in [0.15, 0.2) is 0 Å². The number of halogens is 3. The molecule has 0 bridgehead atoms. The quantitative estimate of drug-likeness (QED) is 0.795. The zero-order valence-corrected chi connectivity index (χ0v) is 13.2. The third kappa shape index (κ3) is 5.23. The molecule has 0 radical (unpaired) electrons. The van der Waals surface area contributed by atoms with Crippen molar-refractivity contribution >= 4 is 23.4 Å². The summed E-state index contributed by atoms with van der Waals surface area (Å²) in [7, 11) is 0. The van der Waals surface area contributed by atoms with Gasteiger partial charge in [-0.15, -0.1) is 0 Å². The summed E-state index contributed by atoms with van der Waals surface area (Å²) in [5.41, 5.74) is -0.322. The first-order chi connectivity index (χ1) is 11.8. The molecule has 25 heavy (non-hydrogen) atoms. The van der Waals surface area contributed by atoms with Crippen LogP contribution in [0.5, 0.6) is 0 Å². The highest BCUT2D eigenvalue weighted by Crippen LogP contribution is 2.30. The largest absolute Gasteiger partial charge is 0.462 e. The summed E-state index contributed by atoms with van der Waals surface area (Å²) < 4.78 is 42.8. The van der Waals surface area contributed by atoms with E-state index in [1.165, 1.54) is 30.3 Å². The molecule has 0 aliphatic carbocycles. The van der Waals surface area contributed by atoms with Crippen molar-refractivity contribution in [3.63, 3.8) is 0 Å². The number of nitrogens with one attached hydrogen (secondary N) is 2. The van der Waals surface area contributed by atoms with Gasteiger partial charge in [-0.05, 0) is 43.3 Å². The van der Waals surface area contributed by atoms with E-state index in [0.717, 1.165) is 12.1 Å². The van der Waals surface area contributed by atoms with E-state index in [4.69, 9.17) is 4.74 Å². The second-order valence-electron chi connectivity index (χ2n) is 4.96. The smallest absolute Gasteiger partial charge is 0.416 e. The van der Waals surface area contributed by atoms with Crippen molar-refractivity contribution in [2.24, 2.45) is 0 Å². The third-order valence-corrected chi connectivity index (χ3v) is 3.08. The van der Waals surface area contributed by atoms with Gasteiger partial charge in [0.05, 0.1) is 17.7 Å². The van der Waals surface area contributed by atoms with E-state index in [2.05, 4.69) is 10.6 Å². The number of esters is 1. The molecular formula is C17H15F3N2O3. The number of carbonyl (C=O) groups excluding carboxylic acids is 2. The molecule has 8 heteroatoms. The van der Waals surface area contributed by atoms with Crippen LogP contribution < -0.4 is 10.6 Å². The van der Waals surface area contributed by atoms with Gasteiger partial charge in [-0.3, -0.25) is 0 Å². The number of hydrogen-bond donors (Lipinski definition) is 2. The van der Waals surface area contributed by atoms with Gasteiger partial charge in [-0.1, -0.05) is 12.1 Å². The van der Waals surface area contributed by atoms with E-state index in [1.807, 2.05) is 0 Å². The molecule has 2 amide bonds. The Morgan fingerprint density at radius 3 is 2.20 bits per heavy atom. The molecule has 0 aliphatic rings. The Hall–Kier alpha value is -3.03. The first-order valence-corrected chi connectivity index (χ1v) is 7.32. The highest BCUT2D eigenvalue weighted by Gasteiger charge is 2.30. The highest BCUT2D eigenvalue weighted by molar-refractivity contribution is 6.00. The van der Waals surface area contributed by atoms with Crippen LogP contribution in [0.3, 0.4) is 0 Å². The molecule has 0 heterocycles. The summed E-state index contributed by atoms with van der Waals surface area (Å²) in [6.07, 6.45) is -4.50. The second-order valence-corrected chi connectivity index (χ2v) is 4.96. The van der Waals surface area contributed by atoms with Gasteiger partial charge in [0.2, 0.25) is 0 Å². The van der Waals surface area contributed by atoms with Crippen LogP contribution >= 0.6 is 0 Å². The minimum absolute atomic E-state index is 0.00567. The summed E-state index contributed by atoms with van der Waals surface area (Å²) in [5.74, 6) is -0.538. The molecule has 2 rings (SSSR count). The lowest BCUT2D eigenvalue weighted by Crippen LogP contribution is -2.20. The number of alkyl halides is 3. The summed E-state index contributed by atoms with van der Waals surface area (Å²) in [4.78, 5) is 23.6. The average Bonchev–Trinajstić information content (AvgIpc) is 2.54. The molecule has 5 nitrogen and oxygen atoms in total. The van der Waals surface area contributed by atoms with E-state index in [-0.39, 0.29) is 17.9 Å². The summed E-state index contributed by atoms with van der Waals surface area (Å²) >= 11 is 0. The zero-order chi connectivity index (χ0) is 18.4. The van der Waals surface area contributed by atoms with Gasteiger partial charge >= 0.3 is 18.2 Å². The van der Waals surface area contributed by atoms with Crippen molar-refractivity contribution in [1.82, 2.24) is 0 Å². The minimum Gasteiger partial charge on any atom is -0.462 e. The van der Waals surface area contributed by atoms with Crippen molar-refractivity contribution in [2.45, 2.75) is 13.1 Å². The van der Waals surface area contributed by atoms with Gasteiger partial charge in [0.25, 0.3) is 0 Å². The van der Waals surface area contributed by atoms with E-state index >= 15 is 0 Å². The average molecular weight is 352 g/mol. The standard InChI is InChI=1S/C17H15F3N2O3/c1-2-25-15(23)11-5-3-7-13(9-11)21-16(24)22-14-8-4-6-12(10-14)17(18,19)20/h3-10H,2H2,1H3,(H2,21,22,24). The van der Waals surface area contributed by atoms with Crippen molar-refractivity contribution in [1.29, 1.82) is 0 Å². The molecule has 2 aromatic rings. The Kier molecular flexibility index (Phi) is 5.63. The van der Waals surface area contributed by atoms with E-state index in [1.54, 1.807) is 13.0 Å². The molecule has 0 spiro atoms. The van der Waals surface area contributed by atoms with Crippen LogP contribution in [-0.2, 0) is 10.9 Å². The van der Waals surface area contributed by atoms with Gasteiger partial charge in [0.1, 0.15) is 0 Å². The predicted molar refractivity (Wildman–Crippen MR) is 86.5 cm³/mol. The van der Waals surface area contributed by atoms with E-state index in [9.17, 15) is 22.8 Å². The molecule has 2 aromatic carbocycles. The molecule has 0 atom stereocenters. The number of hydrogen-bond acceptors (Lipinski definition) is 3. The molecular weight excluding hydrogens is 337 g/mol. The fraction of sp³-hybridized carbons (Fsp3) is 0.176. The van der Waals surface area contributed by atoms with E-state index < -0.39 is 23.7 Å². The van der Waals surface area contributed by atoms with Gasteiger partial charge < -0.3 is 15.4 Å². The number of anilines is 2.